The fraction of sp³-hybridized carbons (Fsp3) is 0.241. The van der Waals surface area contributed by atoms with Crippen LogP contribution in [0.2, 0.25) is 0 Å². The molecule has 0 aliphatic carbocycles. The minimum Gasteiger partial charge on any atom is -0.368 e. The zero-order valence-corrected chi connectivity index (χ0v) is 22.9. The van der Waals surface area contributed by atoms with Crippen LogP contribution in [-0.4, -0.2) is 48.6 Å². The highest BCUT2D eigenvalue weighted by molar-refractivity contribution is 5.98. The lowest BCUT2D eigenvalue weighted by molar-refractivity contribution is 0.256. The first-order valence-electron chi connectivity index (χ1n) is 12.3. The number of halogens is 3. The molecule has 4 aromatic rings. The molecule has 1 saturated heterocycles. The van der Waals surface area contributed by atoms with E-state index in [1.165, 1.54) is 28.1 Å². The summed E-state index contributed by atoms with van der Waals surface area (Å²) in [6, 6.07) is 23.6. The standard InChI is InChI=1S/C29H30FN5O.2ClH/c1-21-8-13-26-27(32-21)6-3-7-28(26)34-18-16-33(17-19-34)15-14-22-4-2-5-25(20-22)35(29(31)36)24-11-9-23(30)10-12-24;;/h2-13,20H,14-19H2,1H3,(H2,31,36);2*1H. The van der Waals surface area contributed by atoms with Crippen molar-refractivity contribution in [1.29, 1.82) is 0 Å². The van der Waals surface area contributed by atoms with E-state index in [0.29, 0.717) is 11.4 Å². The highest BCUT2D eigenvalue weighted by Gasteiger charge is 2.19. The van der Waals surface area contributed by atoms with Crippen LogP contribution in [0.1, 0.15) is 11.3 Å². The Kier molecular flexibility index (Phi) is 9.91. The molecule has 2 heterocycles. The minimum absolute atomic E-state index is 0. The van der Waals surface area contributed by atoms with Crippen LogP contribution in [0.15, 0.2) is 78.9 Å². The predicted octanol–water partition coefficient (Wildman–Crippen LogP) is 6.11. The lowest BCUT2D eigenvalue weighted by atomic mass is 10.1. The molecule has 2 amide bonds. The summed E-state index contributed by atoms with van der Waals surface area (Å²) in [5.41, 5.74) is 11.3. The first-order valence-corrected chi connectivity index (χ1v) is 12.3. The number of amides is 2. The molecule has 0 unspecified atom stereocenters. The Morgan fingerprint density at radius 3 is 2.34 bits per heavy atom. The Morgan fingerprint density at radius 1 is 0.921 bits per heavy atom. The van der Waals surface area contributed by atoms with Gasteiger partial charge in [0.25, 0.3) is 0 Å². The number of pyridine rings is 1. The second kappa shape index (κ2) is 12.9. The van der Waals surface area contributed by atoms with Crippen LogP contribution in [0.3, 0.4) is 0 Å². The third kappa shape index (κ3) is 6.54. The second-order valence-electron chi connectivity index (χ2n) is 9.20. The highest BCUT2D eigenvalue weighted by atomic mass is 35.5. The van der Waals surface area contributed by atoms with Gasteiger partial charge in [-0.05, 0) is 79.6 Å². The van der Waals surface area contributed by atoms with Crippen molar-refractivity contribution in [2.24, 2.45) is 5.73 Å². The van der Waals surface area contributed by atoms with Crippen LogP contribution in [-0.2, 0) is 6.42 Å². The maximum Gasteiger partial charge on any atom is 0.323 e. The van der Waals surface area contributed by atoms with Gasteiger partial charge in [-0.15, -0.1) is 24.8 Å². The molecule has 0 radical (unpaired) electrons. The Bertz CT molecular complexity index is 1380. The van der Waals surface area contributed by atoms with Crippen molar-refractivity contribution >= 4 is 58.8 Å². The van der Waals surface area contributed by atoms with Crippen LogP contribution in [0.4, 0.5) is 26.2 Å². The van der Waals surface area contributed by atoms with Crippen molar-refractivity contribution in [3.8, 4) is 0 Å². The Hall–Kier alpha value is -3.39. The van der Waals surface area contributed by atoms with Crippen molar-refractivity contribution < 1.29 is 9.18 Å². The number of rotatable bonds is 6. The van der Waals surface area contributed by atoms with E-state index in [1.807, 2.05) is 25.1 Å². The van der Waals surface area contributed by atoms with Crippen molar-refractivity contribution in [3.05, 3.63) is 95.9 Å². The van der Waals surface area contributed by atoms with Gasteiger partial charge in [-0.3, -0.25) is 14.8 Å². The fourth-order valence-electron chi connectivity index (χ4n) is 4.86. The maximum atomic E-state index is 13.4. The molecule has 0 saturated carbocycles. The lowest BCUT2D eigenvalue weighted by Crippen LogP contribution is -2.47. The van der Waals surface area contributed by atoms with E-state index < -0.39 is 6.03 Å². The zero-order valence-electron chi connectivity index (χ0n) is 21.2. The molecule has 1 aliphatic rings. The van der Waals surface area contributed by atoms with Crippen LogP contribution in [0.25, 0.3) is 10.9 Å². The normalized spacial score (nSPS) is 13.5. The number of carbonyl (C=O) groups excluding carboxylic acids is 1. The highest BCUT2D eigenvalue weighted by Crippen LogP contribution is 2.28. The fourth-order valence-corrected chi connectivity index (χ4v) is 4.86. The predicted molar refractivity (Wildman–Crippen MR) is 158 cm³/mol. The summed E-state index contributed by atoms with van der Waals surface area (Å²) in [4.78, 5) is 23.2. The van der Waals surface area contributed by atoms with Crippen molar-refractivity contribution in [2.45, 2.75) is 13.3 Å². The topological polar surface area (TPSA) is 65.7 Å². The second-order valence-corrected chi connectivity index (χ2v) is 9.20. The molecular formula is C29H32Cl2FN5O. The van der Waals surface area contributed by atoms with E-state index in [-0.39, 0.29) is 30.6 Å². The Balaban J connectivity index is 0.00000200. The van der Waals surface area contributed by atoms with E-state index in [4.69, 9.17) is 5.73 Å². The van der Waals surface area contributed by atoms with Gasteiger partial charge < -0.3 is 10.6 Å². The van der Waals surface area contributed by atoms with Crippen LogP contribution in [0.5, 0.6) is 0 Å². The van der Waals surface area contributed by atoms with Crippen LogP contribution < -0.4 is 15.5 Å². The molecule has 0 atom stereocenters. The average molecular weight is 557 g/mol. The summed E-state index contributed by atoms with van der Waals surface area (Å²) in [6.07, 6.45) is 0.862. The number of hydrogen-bond donors (Lipinski definition) is 1. The van der Waals surface area contributed by atoms with Gasteiger partial charge in [-0.2, -0.15) is 0 Å². The number of anilines is 3. The SMILES string of the molecule is Cc1ccc2c(N3CCN(CCc4cccc(N(C(N)=O)c5ccc(F)cc5)c4)CC3)cccc2n1.Cl.Cl. The largest absolute Gasteiger partial charge is 0.368 e. The summed E-state index contributed by atoms with van der Waals surface area (Å²) < 4.78 is 13.4. The van der Waals surface area contributed by atoms with Crippen molar-refractivity contribution in [2.75, 3.05) is 42.5 Å². The molecule has 2 N–H and O–H groups in total. The molecule has 1 aromatic heterocycles. The summed E-state index contributed by atoms with van der Waals surface area (Å²) >= 11 is 0. The summed E-state index contributed by atoms with van der Waals surface area (Å²) in [5, 5.41) is 1.20. The number of aryl methyl sites for hydroxylation is 1. The van der Waals surface area contributed by atoms with Crippen LogP contribution >= 0.6 is 24.8 Å². The molecule has 1 aliphatic heterocycles. The van der Waals surface area contributed by atoms with E-state index in [9.17, 15) is 9.18 Å². The number of piperazine rings is 1. The van der Waals surface area contributed by atoms with Gasteiger partial charge >= 0.3 is 6.03 Å². The lowest BCUT2D eigenvalue weighted by Gasteiger charge is -2.36. The van der Waals surface area contributed by atoms with Gasteiger partial charge in [0.2, 0.25) is 0 Å². The molecular weight excluding hydrogens is 524 g/mol. The van der Waals surface area contributed by atoms with Gasteiger partial charge in [0, 0.05) is 49.5 Å². The number of hydrogen-bond acceptors (Lipinski definition) is 4. The number of nitrogens with two attached hydrogens (primary N) is 1. The molecule has 0 bridgehead atoms. The number of urea groups is 1. The quantitative estimate of drug-likeness (QED) is 0.312. The molecule has 0 spiro atoms. The number of nitrogens with zero attached hydrogens (tertiary/aromatic N) is 4. The first-order chi connectivity index (χ1) is 17.5. The van der Waals surface area contributed by atoms with E-state index in [1.54, 1.807) is 12.1 Å². The average Bonchev–Trinajstić information content (AvgIpc) is 2.89. The number of carbonyl (C=O) groups is 1. The van der Waals surface area contributed by atoms with Gasteiger partial charge in [0.1, 0.15) is 5.82 Å². The molecule has 9 heteroatoms. The van der Waals surface area contributed by atoms with E-state index >= 15 is 0 Å². The van der Waals surface area contributed by atoms with Crippen molar-refractivity contribution in [3.63, 3.8) is 0 Å². The maximum absolute atomic E-state index is 13.4. The molecule has 6 nitrogen and oxygen atoms in total. The summed E-state index contributed by atoms with van der Waals surface area (Å²) in [5.74, 6) is -0.357. The van der Waals surface area contributed by atoms with Gasteiger partial charge in [-0.1, -0.05) is 18.2 Å². The van der Waals surface area contributed by atoms with Gasteiger partial charge in [-0.25, -0.2) is 9.18 Å². The van der Waals surface area contributed by atoms with Crippen LogP contribution in [0, 0.1) is 12.7 Å². The van der Waals surface area contributed by atoms with E-state index in [2.05, 4.69) is 51.2 Å². The Labute approximate surface area is 235 Å². The van der Waals surface area contributed by atoms with Gasteiger partial charge in [0.05, 0.1) is 16.9 Å². The number of aromatic nitrogens is 1. The molecule has 3 aromatic carbocycles. The smallest absolute Gasteiger partial charge is 0.323 e. The summed E-state index contributed by atoms with van der Waals surface area (Å²) in [7, 11) is 0. The van der Waals surface area contributed by atoms with Crippen molar-refractivity contribution in [1.82, 2.24) is 9.88 Å². The number of benzene rings is 3. The third-order valence-electron chi connectivity index (χ3n) is 6.75. The molecule has 5 rings (SSSR count). The molecule has 1 fully saturated rings. The monoisotopic (exact) mass is 555 g/mol. The third-order valence-corrected chi connectivity index (χ3v) is 6.75. The number of fused-ring (bicyclic) bond motifs is 1. The minimum atomic E-state index is -0.603. The zero-order chi connectivity index (χ0) is 25.1. The summed E-state index contributed by atoms with van der Waals surface area (Å²) in [6.45, 7) is 6.85. The van der Waals surface area contributed by atoms with Gasteiger partial charge in [0.15, 0.2) is 0 Å². The number of primary amides is 1. The molecule has 200 valence electrons. The Morgan fingerprint density at radius 2 is 1.63 bits per heavy atom. The van der Waals surface area contributed by atoms with E-state index in [0.717, 1.165) is 55.9 Å². The molecule has 38 heavy (non-hydrogen) atoms. The first kappa shape index (κ1) is 29.2.